The fourth-order valence-electron chi connectivity index (χ4n) is 1.90. The molecular formula is C13H12O2S2. The Morgan fingerprint density at radius 3 is 2.94 bits per heavy atom. The first-order valence-corrected chi connectivity index (χ1v) is 7.77. The molecule has 0 radical (unpaired) electrons. The van der Waals surface area contributed by atoms with Gasteiger partial charge in [0.2, 0.25) is 5.78 Å². The van der Waals surface area contributed by atoms with Crippen LogP contribution in [0.25, 0.3) is 11.0 Å². The molecule has 2 nitrogen and oxygen atoms in total. The molecule has 0 amide bonds. The third-order valence-electron chi connectivity index (χ3n) is 2.78. The molecule has 2 heterocycles. The van der Waals surface area contributed by atoms with Crippen LogP contribution < -0.4 is 0 Å². The fourth-order valence-corrected chi connectivity index (χ4v) is 4.52. The van der Waals surface area contributed by atoms with E-state index >= 15 is 0 Å². The van der Waals surface area contributed by atoms with Gasteiger partial charge in [0.1, 0.15) is 5.58 Å². The summed E-state index contributed by atoms with van der Waals surface area (Å²) in [5.41, 5.74) is 0.796. The average molecular weight is 264 g/mol. The predicted octanol–water partition coefficient (Wildman–Crippen LogP) is 3.46. The Labute approximate surface area is 108 Å². The zero-order valence-electron chi connectivity index (χ0n) is 9.22. The number of Topliss-reactive ketones (excluding diaryl/α,β-unsaturated/α-hetero) is 1. The molecule has 17 heavy (non-hydrogen) atoms. The number of para-hydroxylation sites is 1. The molecule has 1 fully saturated rings. The van der Waals surface area contributed by atoms with Crippen molar-refractivity contribution < 1.29 is 9.21 Å². The maximum absolute atomic E-state index is 12.2. The maximum Gasteiger partial charge on any atom is 0.211 e. The lowest BCUT2D eigenvalue weighted by atomic mass is 10.2. The van der Waals surface area contributed by atoms with Gasteiger partial charge in [-0.2, -0.15) is 11.8 Å². The van der Waals surface area contributed by atoms with Crippen molar-refractivity contribution in [1.29, 1.82) is 0 Å². The minimum Gasteiger partial charge on any atom is -0.453 e. The Morgan fingerprint density at radius 1 is 1.29 bits per heavy atom. The SMILES string of the molecule is O=C(c1cc2ccccc2o1)C1CSCCS1. The molecule has 1 saturated heterocycles. The Kier molecular flexibility index (Phi) is 3.16. The number of rotatable bonds is 2. The molecule has 0 bridgehead atoms. The van der Waals surface area contributed by atoms with Gasteiger partial charge in [-0.15, -0.1) is 11.8 Å². The number of ketones is 1. The highest BCUT2D eigenvalue weighted by atomic mass is 32.2. The summed E-state index contributed by atoms with van der Waals surface area (Å²) in [5.74, 6) is 3.75. The van der Waals surface area contributed by atoms with Crippen LogP contribution in [0, 0.1) is 0 Å². The summed E-state index contributed by atoms with van der Waals surface area (Å²) in [6, 6.07) is 9.60. The number of carbonyl (C=O) groups is 1. The van der Waals surface area contributed by atoms with E-state index in [1.54, 1.807) is 11.8 Å². The Balaban J connectivity index is 1.89. The Morgan fingerprint density at radius 2 is 2.18 bits per heavy atom. The summed E-state index contributed by atoms with van der Waals surface area (Å²) < 4.78 is 5.61. The molecule has 1 aromatic carbocycles. The van der Waals surface area contributed by atoms with Gasteiger partial charge in [-0.05, 0) is 12.1 Å². The van der Waals surface area contributed by atoms with E-state index in [9.17, 15) is 4.79 Å². The highest BCUT2D eigenvalue weighted by Crippen LogP contribution is 2.28. The topological polar surface area (TPSA) is 30.2 Å². The first-order chi connectivity index (χ1) is 8.34. The van der Waals surface area contributed by atoms with Gasteiger partial charge in [0.05, 0.1) is 5.25 Å². The van der Waals surface area contributed by atoms with Crippen LogP contribution in [0.5, 0.6) is 0 Å². The molecule has 1 unspecified atom stereocenters. The van der Waals surface area contributed by atoms with Gasteiger partial charge in [-0.3, -0.25) is 4.79 Å². The molecule has 2 aromatic rings. The van der Waals surface area contributed by atoms with Crippen LogP contribution in [0.2, 0.25) is 0 Å². The van der Waals surface area contributed by atoms with Crippen LogP contribution >= 0.6 is 23.5 Å². The summed E-state index contributed by atoms with van der Waals surface area (Å²) in [6.45, 7) is 0. The molecule has 0 N–H and O–H groups in total. The molecule has 1 aliphatic rings. The summed E-state index contributed by atoms with van der Waals surface area (Å²) in [6.07, 6.45) is 0. The summed E-state index contributed by atoms with van der Waals surface area (Å²) >= 11 is 3.60. The average Bonchev–Trinajstić information content (AvgIpc) is 2.82. The summed E-state index contributed by atoms with van der Waals surface area (Å²) in [5, 5.41) is 1.07. The number of hydrogen-bond donors (Lipinski definition) is 0. The van der Waals surface area contributed by atoms with E-state index in [0.29, 0.717) is 5.76 Å². The maximum atomic E-state index is 12.2. The van der Waals surface area contributed by atoms with Crippen molar-refractivity contribution >= 4 is 40.3 Å². The molecule has 1 aliphatic heterocycles. The molecule has 88 valence electrons. The number of hydrogen-bond acceptors (Lipinski definition) is 4. The highest BCUT2D eigenvalue weighted by molar-refractivity contribution is 8.07. The second kappa shape index (κ2) is 4.78. The van der Waals surface area contributed by atoms with Crippen molar-refractivity contribution in [1.82, 2.24) is 0 Å². The highest BCUT2D eigenvalue weighted by Gasteiger charge is 2.25. The second-order valence-corrected chi connectivity index (χ2v) is 6.41. The van der Waals surface area contributed by atoms with E-state index in [2.05, 4.69) is 0 Å². The zero-order valence-corrected chi connectivity index (χ0v) is 10.9. The minimum absolute atomic E-state index is 0.0642. The van der Waals surface area contributed by atoms with E-state index in [1.165, 1.54) is 0 Å². The number of benzene rings is 1. The van der Waals surface area contributed by atoms with Crippen molar-refractivity contribution in [2.24, 2.45) is 0 Å². The van der Waals surface area contributed by atoms with Crippen molar-refractivity contribution in [3.8, 4) is 0 Å². The summed E-state index contributed by atoms with van der Waals surface area (Å²) in [7, 11) is 0. The van der Waals surface area contributed by atoms with Gasteiger partial charge in [-0.25, -0.2) is 0 Å². The van der Waals surface area contributed by atoms with E-state index in [-0.39, 0.29) is 11.0 Å². The second-order valence-electron chi connectivity index (χ2n) is 3.95. The normalized spacial score (nSPS) is 20.6. The van der Waals surface area contributed by atoms with Crippen LogP contribution in [0.3, 0.4) is 0 Å². The van der Waals surface area contributed by atoms with Crippen molar-refractivity contribution in [3.63, 3.8) is 0 Å². The lowest BCUT2D eigenvalue weighted by Gasteiger charge is -2.18. The van der Waals surface area contributed by atoms with E-state index in [4.69, 9.17) is 4.42 Å². The van der Waals surface area contributed by atoms with Crippen molar-refractivity contribution in [2.45, 2.75) is 5.25 Å². The molecular weight excluding hydrogens is 252 g/mol. The molecule has 1 aromatic heterocycles. The van der Waals surface area contributed by atoms with Crippen LogP contribution in [0.4, 0.5) is 0 Å². The predicted molar refractivity (Wildman–Crippen MR) is 74.1 cm³/mol. The zero-order chi connectivity index (χ0) is 11.7. The third kappa shape index (κ3) is 2.24. The van der Waals surface area contributed by atoms with E-state index in [0.717, 1.165) is 28.2 Å². The Bertz CT molecular complexity index is 508. The molecule has 4 heteroatoms. The fraction of sp³-hybridized carbons (Fsp3) is 0.308. The number of carbonyl (C=O) groups excluding carboxylic acids is 1. The smallest absolute Gasteiger partial charge is 0.211 e. The summed E-state index contributed by atoms with van der Waals surface area (Å²) in [4.78, 5) is 12.2. The largest absolute Gasteiger partial charge is 0.453 e. The Hall–Kier alpha value is -0.870. The van der Waals surface area contributed by atoms with Crippen molar-refractivity contribution in [2.75, 3.05) is 17.3 Å². The minimum atomic E-state index is 0.0642. The molecule has 0 saturated carbocycles. The molecule has 1 atom stereocenters. The van der Waals surface area contributed by atoms with Crippen molar-refractivity contribution in [3.05, 3.63) is 36.1 Å². The van der Waals surface area contributed by atoms with Crippen LogP contribution in [0.15, 0.2) is 34.7 Å². The molecule has 3 rings (SSSR count). The number of thioether (sulfide) groups is 2. The first-order valence-electron chi connectivity index (χ1n) is 5.57. The first kappa shape index (κ1) is 11.2. The van der Waals surface area contributed by atoms with E-state index < -0.39 is 0 Å². The number of fused-ring (bicyclic) bond motifs is 1. The quantitative estimate of drug-likeness (QED) is 0.777. The van der Waals surface area contributed by atoms with Crippen LogP contribution in [-0.4, -0.2) is 28.3 Å². The molecule has 0 aliphatic carbocycles. The molecule has 0 spiro atoms. The van der Waals surface area contributed by atoms with Gasteiger partial charge in [-0.1, -0.05) is 18.2 Å². The van der Waals surface area contributed by atoms with Gasteiger partial charge < -0.3 is 4.42 Å². The van der Waals surface area contributed by atoms with Gasteiger partial charge in [0, 0.05) is 22.6 Å². The van der Waals surface area contributed by atoms with Gasteiger partial charge in [0.25, 0.3) is 0 Å². The van der Waals surface area contributed by atoms with Crippen LogP contribution in [-0.2, 0) is 0 Å². The lowest BCUT2D eigenvalue weighted by molar-refractivity contribution is 0.0970. The third-order valence-corrected chi connectivity index (χ3v) is 5.53. The van der Waals surface area contributed by atoms with E-state index in [1.807, 2.05) is 42.1 Å². The number of furan rings is 1. The van der Waals surface area contributed by atoms with Gasteiger partial charge in [0.15, 0.2) is 5.76 Å². The standard InChI is InChI=1S/C13H12O2S2/c14-13(12-8-16-5-6-17-12)11-7-9-3-1-2-4-10(9)15-11/h1-4,7,12H,5-6,8H2. The van der Waals surface area contributed by atoms with Gasteiger partial charge >= 0.3 is 0 Å². The van der Waals surface area contributed by atoms with Crippen LogP contribution in [0.1, 0.15) is 10.6 Å². The lowest BCUT2D eigenvalue weighted by Crippen LogP contribution is -2.23. The monoisotopic (exact) mass is 264 g/mol.